The molecule has 0 atom stereocenters. The summed E-state index contributed by atoms with van der Waals surface area (Å²) in [5.41, 5.74) is 1.81. The summed E-state index contributed by atoms with van der Waals surface area (Å²) in [5, 5.41) is 13.0. The Kier molecular flexibility index (Phi) is 4.31. The molecule has 1 aromatic heterocycles. The quantitative estimate of drug-likeness (QED) is 0.903. The molecule has 0 bridgehead atoms. The SMILES string of the molecule is Cc1cc(Cl)cc(C)c1OCC(=O)Nc1nnc(C2CC2)s1. The largest absolute Gasteiger partial charge is 0.483 e. The zero-order valence-electron chi connectivity index (χ0n) is 12.4. The van der Waals surface area contributed by atoms with Gasteiger partial charge in [-0.15, -0.1) is 10.2 Å². The van der Waals surface area contributed by atoms with Crippen molar-refractivity contribution in [1.82, 2.24) is 10.2 Å². The minimum Gasteiger partial charge on any atom is -0.483 e. The van der Waals surface area contributed by atoms with Crippen LogP contribution in [0.15, 0.2) is 12.1 Å². The maximum Gasteiger partial charge on any atom is 0.264 e. The number of rotatable bonds is 5. The van der Waals surface area contributed by atoms with E-state index in [1.807, 2.05) is 26.0 Å². The molecule has 7 heteroatoms. The molecule has 22 heavy (non-hydrogen) atoms. The number of amides is 1. The number of carbonyl (C=O) groups excluding carboxylic acids is 1. The first kappa shape index (κ1) is 15.2. The Morgan fingerprint density at radius 2 is 2.05 bits per heavy atom. The monoisotopic (exact) mass is 337 g/mol. The zero-order chi connectivity index (χ0) is 15.7. The van der Waals surface area contributed by atoms with Crippen molar-refractivity contribution >= 4 is 34.0 Å². The summed E-state index contributed by atoms with van der Waals surface area (Å²) >= 11 is 7.41. The fourth-order valence-electron chi connectivity index (χ4n) is 2.20. The number of halogens is 1. The van der Waals surface area contributed by atoms with E-state index in [-0.39, 0.29) is 12.5 Å². The number of anilines is 1. The van der Waals surface area contributed by atoms with Crippen LogP contribution in [0, 0.1) is 13.8 Å². The van der Waals surface area contributed by atoms with Crippen molar-refractivity contribution < 1.29 is 9.53 Å². The predicted octanol–water partition coefficient (Wildman–Crippen LogP) is 3.70. The highest BCUT2D eigenvalue weighted by atomic mass is 35.5. The molecule has 3 rings (SSSR count). The van der Waals surface area contributed by atoms with E-state index in [1.54, 1.807) is 0 Å². The Balaban J connectivity index is 1.57. The lowest BCUT2D eigenvalue weighted by molar-refractivity contribution is -0.118. The summed E-state index contributed by atoms with van der Waals surface area (Å²) in [6.45, 7) is 3.74. The average molecular weight is 338 g/mol. The molecule has 1 amide bonds. The zero-order valence-corrected chi connectivity index (χ0v) is 13.9. The second kappa shape index (κ2) is 6.22. The molecule has 0 unspecified atom stereocenters. The van der Waals surface area contributed by atoms with Crippen LogP contribution in [0.25, 0.3) is 0 Å². The number of nitrogens with zero attached hydrogens (tertiary/aromatic N) is 2. The van der Waals surface area contributed by atoms with E-state index in [9.17, 15) is 4.79 Å². The van der Waals surface area contributed by atoms with Crippen LogP contribution in [0.3, 0.4) is 0 Å². The van der Waals surface area contributed by atoms with E-state index in [0.29, 0.717) is 21.8 Å². The summed E-state index contributed by atoms with van der Waals surface area (Å²) in [4.78, 5) is 11.9. The highest BCUT2D eigenvalue weighted by Crippen LogP contribution is 2.42. The minimum atomic E-state index is -0.243. The van der Waals surface area contributed by atoms with Gasteiger partial charge in [-0.1, -0.05) is 22.9 Å². The van der Waals surface area contributed by atoms with Crippen molar-refractivity contribution in [2.24, 2.45) is 0 Å². The number of ether oxygens (including phenoxy) is 1. The summed E-state index contributed by atoms with van der Waals surface area (Å²) in [6.07, 6.45) is 2.33. The third-order valence-corrected chi connectivity index (χ3v) is 4.61. The van der Waals surface area contributed by atoms with Crippen LogP contribution in [0.5, 0.6) is 5.75 Å². The van der Waals surface area contributed by atoms with Crippen molar-refractivity contribution in [3.05, 3.63) is 33.3 Å². The number of aryl methyl sites for hydroxylation is 2. The van der Waals surface area contributed by atoms with Crippen molar-refractivity contribution in [3.63, 3.8) is 0 Å². The van der Waals surface area contributed by atoms with Gasteiger partial charge in [0.15, 0.2) is 6.61 Å². The van der Waals surface area contributed by atoms with Crippen LogP contribution in [0.1, 0.15) is 34.9 Å². The van der Waals surface area contributed by atoms with E-state index in [2.05, 4.69) is 15.5 Å². The first-order chi connectivity index (χ1) is 10.5. The Morgan fingerprint density at radius 3 is 2.68 bits per heavy atom. The van der Waals surface area contributed by atoms with E-state index in [4.69, 9.17) is 16.3 Å². The van der Waals surface area contributed by atoms with Gasteiger partial charge in [0.25, 0.3) is 5.91 Å². The lowest BCUT2D eigenvalue weighted by Crippen LogP contribution is -2.20. The van der Waals surface area contributed by atoms with Gasteiger partial charge >= 0.3 is 0 Å². The first-order valence-electron chi connectivity index (χ1n) is 7.05. The normalized spacial score (nSPS) is 14.0. The third-order valence-electron chi connectivity index (χ3n) is 3.39. The molecule has 116 valence electrons. The Morgan fingerprint density at radius 1 is 1.36 bits per heavy atom. The van der Waals surface area contributed by atoms with Gasteiger partial charge in [-0.2, -0.15) is 0 Å². The molecular weight excluding hydrogens is 322 g/mol. The van der Waals surface area contributed by atoms with Gasteiger partial charge in [0.1, 0.15) is 10.8 Å². The molecular formula is C15H16ClN3O2S. The van der Waals surface area contributed by atoms with Gasteiger partial charge in [-0.05, 0) is 49.9 Å². The third kappa shape index (κ3) is 3.56. The van der Waals surface area contributed by atoms with Gasteiger partial charge in [0.2, 0.25) is 5.13 Å². The summed E-state index contributed by atoms with van der Waals surface area (Å²) in [5.74, 6) is 0.987. The van der Waals surface area contributed by atoms with E-state index in [1.165, 1.54) is 24.2 Å². The predicted molar refractivity (Wildman–Crippen MR) is 86.9 cm³/mol. The van der Waals surface area contributed by atoms with Gasteiger partial charge in [-0.25, -0.2) is 0 Å². The van der Waals surface area contributed by atoms with Crippen LogP contribution in [0.4, 0.5) is 5.13 Å². The number of nitrogens with one attached hydrogen (secondary N) is 1. The molecule has 1 aliphatic carbocycles. The fourth-order valence-corrected chi connectivity index (χ4v) is 3.45. The Labute approximate surface area is 137 Å². The molecule has 1 fully saturated rings. The van der Waals surface area contributed by atoms with Crippen LogP contribution < -0.4 is 10.1 Å². The Bertz CT molecular complexity index is 690. The molecule has 1 aliphatic rings. The summed E-state index contributed by atoms with van der Waals surface area (Å²) < 4.78 is 5.61. The summed E-state index contributed by atoms with van der Waals surface area (Å²) in [7, 11) is 0. The van der Waals surface area contributed by atoms with Crippen molar-refractivity contribution in [3.8, 4) is 5.75 Å². The van der Waals surface area contributed by atoms with E-state index >= 15 is 0 Å². The highest BCUT2D eigenvalue weighted by Gasteiger charge is 2.27. The van der Waals surface area contributed by atoms with Crippen molar-refractivity contribution in [1.29, 1.82) is 0 Å². The van der Waals surface area contributed by atoms with Crippen molar-refractivity contribution in [2.75, 3.05) is 11.9 Å². The number of carbonyl (C=O) groups is 1. The van der Waals surface area contributed by atoms with E-state index in [0.717, 1.165) is 16.1 Å². The molecule has 2 aromatic rings. The van der Waals surface area contributed by atoms with Crippen LogP contribution >= 0.6 is 22.9 Å². The molecule has 0 aliphatic heterocycles. The Hall–Kier alpha value is -1.66. The van der Waals surface area contributed by atoms with Crippen molar-refractivity contribution in [2.45, 2.75) is 32.6 Å². The van der Waals surface area contributed by atoms with Crippen LogP contribution in [-0.4, -0.2) is 22.7 Å². The van der Waals surface area contributed by atoms with Gasteiger partial charge in [0.05, 0.1) is 0 Å². The van der Waals surface area contributed by atoms with Gasteiger partial charge < -0.3 is 4.74 Å². The standard InChI is InChI=1S/C15H16ClN3O2S/c1-8-5-11(16)6-9(2)13(8)21-7-12(20)17-15-19-18-14(22-15)10-3-4-10/h5-6,10H,3-4,7H2,1-2H3,(H,17,19,20). The topological polar surface area (TPSA) is 64.1 Å². The number of hydrogen-bond donors (Lipinski definition) is 1. The molecule has 0 saturated heterocycles. The van der Waals surface area contributed by atoms with E-state index < -0.39 is 0 Å². The number of hydrogen-bond acceptors (Lipinski definition) is 5. The van der Waals surface area contributed by atoms with Crippen LogP contribution in [0.2, 0.25) is 5.02 Å². The molecule has 0 spiro atoms. The van der Waals surface area contributed by atoms with Gasteiger partial charge in [0, 0.05) is 10.9 Å². The maximum absolute atomic E-state index is 11.9. The van der Waals surface area contributed by atoms with Gasteiger partial charge in [-0.3, -0.25) is 10.1 Å². The minimum absolute atomic E-state index is 0.0678. The molecule has 1 heterocycles. The molecule has 1 aromatic carbocycles. The lowest BCUT2D eigenvalue weighted by Gasteiger charge is -2.12. The highest BCUT2D eigenvalue weighted by molar-refractivity contribution is 7.15. The molecule has 1 saturated carbocycles. The molecule has 5 nitrogen and oxygen atoms in total. The number of benzene rings is 1. The maximum atomic E-state index is 11.9. The number of aromatic nitrogens is 2. The average Bonchev–Trinajstić information content (AvgIpc) is 3.18. The second-order valence-corrected chi connectivity index (χ2v) is 6.87. The smallest absolute Gasteiger partial charge is 0.264 e. The molecule has 1 N–H and O–H groups in total. The fraction of sp³-hybridized carbons (Fsp3) is 0.400. The molecule has 0 radical (unpaired) electrons. The lowest BCUT2D eigenvalue weighted by atomic mass is 10.1. The first-order valence-corrected chi connectivity index (χ1v) is 8.25. The van der Waals surface area contributed by atoms with Crippen LogP contribution in [-0.2, 0) is 4.79 Å². The summed E-state index contributed by atoms with van der Waals surface area (Å²) in [6, 6.07) is 3.63. The second-order valence-electron chi connectivity index (χ2n) is 5.43.